The number of fused-ring (bicyclic) bond motifs is 1. The van der Waals surface area contributed by atoms with Gasteiger partial charge in [0.15, 0.2) is 5.69 Å². The van der Waals surface area contributed by atoms with Gasteiger partial charge in [-0.1, -0.05) is 6.07 Å². The summed E-state index contributed by atoms with van der Waals surface area (Å²) in [6.07, 6.45) is 2.36. The van der Waals surface area contributed by atoms with Crippen LogP contribution in [-0.4, -0.2) is 46.5 Å². The van der Waals surface area contributed by atoms with Crippen LogP contribution >= 0.6 is 0 Å². The summed E-state index contributed by atoms with van der Waals surface area (Å²) in [5.41, 5.74) is 3.14. The number of halogens is 1. The van der Waals surface area contributed by atoms with Crippen LogP contribution in [0.5, 0.6) is 0 Å². The lowest BCUT2D eigenvalue weighted by Crippen LogP contribution is -2.29. The van der Waals surface area contributed by atoms with E-state index >= 15 is 0 Å². The second-order valence-electron chi connectivity index (χ2n) is 6.20. The zero-order valence-electron chi connectivity index (χ0n) is 14.4. The van der Waals surface area contributed by atoms with E-state index in [9.17, 15) is 14.0 Å². The molecule has 0 unspecified atom stereocenters. The fourth-order valence-electron chi connectivity index (χ4n) is 3.08. The fraction of sp³-hybridized carbons (Fsp3) is 0.389. The lowest BCUT2D eigenvalue weighted by atomic mass is 10.2. The Morgan fingerprint density at radius 2 is 2.19 bits per heavy atom. The minimum Gasteiger partial charge on any atom is -0.480 e. The molecule has 2 N–H and O–H groups in total. The minimum atomic E-state index is -1.06. The van der Waals surface area contributed by atoms with Crippen LogP contribution < -0.4 is 5.32 Å². The van der Waals surface area contributed by atoms with Crippen molar-refractivity contribution in [3.63, 3.8) is 0 Å². The number of aromatic nitrogens is 2. The van der Waals surface area contributed by atoms with Gasteiger partial charge in [0.2, 0.25) is 0 Å². The Hall–Kier alpha value is -2.74. The average molecular weight is 361 g/mol. The minimum absolute atomic E-state index is 0.0908. The first-order chi connectivity index (χ1) is 12.5. The van der Waals surface area contributed by atoms with Crippen molar-refractivity contribution in [1.82, 2.24) is 15.1 Å². The zero-order valence-corrected chi connectivity index (χ0v) is 14.4. The predicted octanol–water partition coefficient (Wildman–Crippen LogP) is 1.64. The molecule has 0 bridgehead atoms. The molecule has 1 aromatic carbocycles. The number of amides is 1. The highest BCUT2D eigenvalue weighted by Crippen LogP contribution is 2.28. The second kappa shape index (κ2) is 7.65. The number of nitrogens with zero attached hydrogens (tertiary/aromatic N) is 2. The van der Waals surface area contributed by atoms with Gasteiger partial charge in [0.25, 0.3) is 5.91 Å². The summed E-state index contributed by atoms with van der Waals surface area (Å²) in [6.45, 7) is 1.67. The number of aliphatic carboxylic acids is 1. The van der Waals surface area contributed by atoms with Crippen molar-refractivity contribution in [1.29, 1.82) is 0 Å². The standard InChI is InChI=1S/C18H20FN3O4/c1-11-5-6-15(13(19)9-11)22-14-4-2-3-12(14)17(21-22)18(25)20-7-8-26-10-16(23)24/h5-6,9H,2-4,7-8,10H2,1H3,(H,20,25)(H,23,24). The number of carbonyl (C=O) groups excluding carboxylic acids is 1. The van der Waals surface area contributed by atoms with E-state index < -0.39 is 12.6 Å². The molecule has 0 atom stereocenters. The van der Waals surface area contributed by atoms with Gasteiger partial charge in [-0.3, -0.25) is 4.79 Å². The monoisotopic (exact) mass is 361 g/mol. The quantitative estimate of drug-likeness (QED) is 0.732. The third kappa shape index (κ3) is 3.75. The summed E-state index contributed by atoms with van der Waals surface area (Å²) in [7, 11) is 0. The molecule has 0 radical (unpaired) electrons. The van der Waals surface area contributed by atoms with E-state index in [-0.39, 0.29) is 30.6 Å². The molecule has 26 heavy (non-hydrogen) atoms. The summed E-state index contributed by atoms with van der Waals surface area (Å²) in [4.78, 5) is 22.8. The highest BCUT2D eigenvalue weighted by molar-refractivity contribution is 5.94. The van der Waals surface area contributed by atoms with Crippen LogP contribution in [0.15, 0.2) is 18.2 Å². The van der Waals surface area contributed by atoms with Crippen LogP contribution in [0.2, 0.25) is 0 Å². The van der Waals surface area contributed by atoms with Gasteiger partial charge in [-0.2, -0.15) is 5.10 Å². The van der Waals surface area contributed by atoms with Crippen molar-refractivity contribution in [2.45, 2.75) is 26.2 Å². The lowest BCUT2D eigenvalue weighted by molar-refractivity contribution is -0.142. The zero-order chi connectivity index (χ0) is 18.7. The van der Waals surface area contributed by atoms with Crippen molar-refractivity contribution in [2.24, 2.45) is 0 Å². The van der Waals surface area contributed by atoms with Crippen LogP contribution in [0.4, 0.5) is 4.39 Å². The van der Waals surface area contributed by atoms with Gasteiger partial charge in [-0.15, -0.1) is 0 Å². The molecule has 1 amide bonds. The van der Waals surface area contributed by atoms with E-state index in [1.54, 1.807) is 12.1 Å². The molecular weight excluding hydrogens is 341 g/mol. The Bertz CT molecular complexity index is 847. The Morgan fingerprint density at radius 1 is 1.38 bits per heavy atom. The molecule has 1 aliphatic rings. The first-order valence-electron chi connectivity index (χ1n) is 8.42. The number of nitrogens with one attached hydrogen (secondary N) is 1. The maximum absolute atomic E-state index is 14.3. The van der Waals surface area contributed by atoms with Gasteiger partial charge < -0.3 is 15.2 Å². The normalized spacial score (nSPS) is 12.8. The number of hydrogen-bond donors (Lipinski definition) is 2. The van der Waals surface area contributed by atoms with Crippen molar-refractivity contribution < 1.29 is 23.8 Å². The number of carbonyl (C=O) groups is 2. The second-order valence-corrected chi connectivity index (χ2v) is 6.20. The first kappa shape index (κ1) is 18.1. The van der Waals surface area contributed by atoms with Gasteiger partial charge in [0, 0.05) is 17.8 Å². The number of ether oxygens (including phenoxy) is 1. The molecule has 3 rings (SSSR count). The molecule has 1 heterocycles. The molecule has 138 valence electrons. The van der Waals surface area contributed by atoms with E-state index in [1.165, 1.54) is 10.7 Å². The molecule has 0 spiro atoms. The van der Waals surface area contributed by atoms with Gasteiger partial charge in [0.1, 0.15) is 18.1 Å². The van der Waals surface area contributed by atoms with Gasteiger partial charge in [-0.25, -0.2) is 13.9 Å². The number of hydrogen-bond acceptors (Lipinski definition) is 4. The van der Waals surface area contributed by atoms with Crippen molar-refractivity contribution >= 4 is 11.9 Å². The Labute approximate surface area is 149 Å². The summed E-state index contributed by atoms with van der Waals surface area (Å²) in [5.74, 6) is -1.81. The highest BCUT2D eigenvalue weighted by atomic mass is 19.1. The number of carboxylic acid groups (broad SMARTS) is 1. The van der Waals surface area contributed by atoms with Gasteiger partial charge in [0.05, 0.1) is 6.61 Å². The summed E-state index contributed by atoms with van der Waals surface area (Å²) in [5, 5.41) is 15.5. The van der Waals surface area contributed by atoms with Crippen LogP contribution in [0.25, 0.3) is 5.69 Å². The third-order valence-electron chi connectivity index (χ3n) is 4.23. The topological polar surface area (TPSA) is 93.5 Å². The van der Waals surface area contributed by atoms with Crippen LogP contribution in [-0.2, 0) is 22.4 Å². The van der Waals surface area contributed by atoms with E-state index in [0.29, 0.717) is 5.69 Å². The van der Waals surface area contributed by atoms with Crippen molar-refractivity contribution in [3.8, 4) is 5.69 Å². The van der Waals surface area contributed by atoms with Gasteiger partial charge in [-0.05, 0) is 43.9 Å². The summed E-state index contributed by atoms with van der Waals surface area (Å²) < 4.78 is 20.7. The van der Waals surface area contributed by atoms with E-state index in [2.05, 4.69) is 10.4 Å². The van der Waals surface area contributed by atoms with E-state index in [1.807, 2.05) is 6.92 Å². The molecule has 1 aromatic heterocycles. The predicted molar refractivity (Wildman–Crippen MR) is 91.1 cm³/mol. The number of benzene rings is 1. The third-order valence-corrected chi connectivity index (χ3v) is 4.23. The molecule has 0 saturated carbocycles. The Kier molecular flexibility index (Phi) is 5.32. The van der Waals surface area contributed by atoms with Crippen molar-refractivity contribution in [2.75, 3.05) is 19.8 Å². The van der Waals surface area contributed by atoms with Crippen LogP contribution in [0, 0.1) is 12.7 Å². The number of rotatable bonds is 7. The molecule has 2 aromatic rings. The maximum atomic E-state index is 14.3. The van der Waals surface area contributed by atoms with Crippen LogP contribution in [0.1, 0.15) is 33.7 Å². The summed E-state index contributed by atoms with van der Waals surface area (Å²) >= 11 is 0. The molecule has 0 aliphatic heterocycles. The lowest BCUT2D eigenvalue weighted by Gasteiger charge is -2.07. The maximum Gasteiger partial charge on any atom is 0.329 e. The van der Waals surface area contributed by atoms with Gasteiger partial charge >= 0.3 is 5.97 Å². The fourth-order valence-corrected chi connectivity index (χ4v) is 3.08. The smallest absolute Gasteiger partial charge is 0.329 e. The summed E-state index contributed by atoms with van der Waals surface area (Å²) in [6, 6.07) is 4.91. The van der Waals surface area contributed by atoms with E-state index in [0.717, 1.165) is 36.1 Å². The van der Waals surface area contributed by atoms with E-state index in [4.69, 9.17) is 9.84 Å². The molecule has 1 aliphatic carbocycles. The largest absolute Gasteiger partial charge is 0.480 e. The highest BCUT2D eigenvalue weighted by Gasteiger charge is 2.27. The molecule has 7 nitrogen and oxygen atoms in total. The van der Waals surface area contributed by atoms with Crippen LogP contribution in [0.3, 0.4) is 0 Å². The molecular formula is C18H20FN3O4. The Balaban J connectivity index is 1.77. The number of aryl methyl sites for hydroxylation is 1. The SMILES string of the molecule is Cc1ccc(-n2nc(C(=O)NCCOCC(=O)O)c3c2CCC3)c(F)c1. The molecule has 0 saturated heterocycles. The van der Waals surface area contributed by atoms with Crippen molar-refractivity contribution in [3.05, 3.63) is 46.5 Å². The molecule has 0 fully saturated rings. The first-order valence-corrected chi connectivity index (χ1v) is 8.42. The Morgan fingerprint density at radius 3 is 2.92 bits per heavy atom. The number of carboxylic acids is 1. The average Bonchev–Trinajstić information content (AvgIpc) is 3.17. The molecule has 8 heteroatoms.